The highest BCUT2D eigenvalue weighted by molar-refractivity contribution is 6.31. The number of fused-ring (bicyclic) bond motifs is 4. The van der Waals surface area contributed by atoms with Crippen LogP contribution in [0, 0.1) is 40.7 Å². The Bertz CT molecular complexity index is 5520. The summed E-state index contributed by atoms with van der Waals surface area (Å²) in [6.07, 6.45) is 18.9. The van der Waals surface area contributed by atoms with E-state index in [-0.39, 0.29) is 32.7 Å². The van der Waals surface area contributed by atoms with Crippen LogP contribution in [-0.2, 0) is 0 Å². The molecule has 0 N–H and O–H groups in total. The average Bonchev–Trinajstić information content (AvgIpc) is 0.849. The average molecular weight is 1370 g/mol. The molecule has 16 aromatic rings. The molecule has 12 heterocycles. The summed E-state index contributed by atoms with van der Waals surface area (Å²) in [7, 11) is 0. The zero-order chi connectivity index (χ0) is 67.8. The third-order valence-corrected chi connectivity index (χ3v) is 15.4. The van der Waals surface area contributed by atoms with E-state index >= 15 is 0 Å². The second kappa shape index (κ2) is 28.8. The van der Waals surface area contributed by atoms with Gasteiger partial charge in [0.1, 0.15) is 51.2 Å². The molecule has 98 heavy (non-hydrogen) atoms. The van der Waals surface area contributed by atoms with Crippen LogP contribution in [0.5, 0.6) is 0 Å². The van der Waals surface area contributed by atoms with Gasteiger partial charge in [0, 0.05) is 136 Å². The summed E-state index contributed by atoms with van der Waals surface area (Å²) in [5.74, 6) is -5.72. The summed E-state index contributed by atoms with van der Waals surface area (Å²) in [6.45, 7) is 0. The fraction of sp³-hybridized carbons (Fsp3) is 0. The van der Waals surface area contributed by atoms with Gasteiger partial charge in [0.15, 0.2) is 34.2 Å². The molecule has 0 bridgehead atoms. The van der Waals surface area contributed by atoms with Crippen LogP contribution < -0.4 is 0 Å². The van der Waals surface area contributed by atoms with Gasteiger partial charge in [0.2, 0.25) is 0 Å². The highest BCUT2D eigenvalue weighted by Gasteiger charge is 2.21. The summed E-state index contributed by atoms with van der Waals surface area (Å²) in [4.78, 5) is 68.5. The van der Waals surface area contributed by atoms with Crippen molar-refractivity contribution in [3.05, 3.63) is 288 Å². The predicted molar refractivity (Wildman–Crippen MR) is 359 cm³/mol. The van der Waals surface area contributed by atoms with Crippen LogP contribution in [0.4, 0.5) is 30.7 Å². The van der Waals surface area contributed by atoms with Crippen molar-refractivity contribution in [2.75, 3.05) is 0 Å². The summed E-state index contributed by atoms with van der Waals surface area (Å²) in [6, 6.07) is 40.6. The van der Waals surface area contributed by atoms with Crippen molar-refractivity contribution in [3.63, 3.8) is 0 Å². The first-order valence-corrected chi connectivity index (χ1v) is 30.2. The third kappa shape index (κ3) is 14.1. The minimum atomic E-state index is -1.25. The van der Waals surface area contributed by atoms with E-state index in [1.165, 1.54) is 42.9 Å². The third-order valence-electron chi connectivity index (χ3n) is 14.6. The molecule has 0 fully saturated rings. The van der Waals surface area contributed by atoms with Gasteiger partial charge in [-0.2, -0.15) is 0 Å². The van der Waals surface area contributed by atoms with Gasteiger partial charge in [-0.25, -0.2) is 70.6 Å². The lowest BCUT2D eigenvalue weighted by molar-refractivity contribution is 0.496. The standard InChI is InChI=1S/C18H9ClF2N4.2C18H10ClFN4.C18H9F3N4/c19-12-8-11(13(20)9-14(12)21)17-10(2-1-5-23-17)15-3-4-16-18(25-15)24-7-6-22-16;19-11-3-4-14(20)13(10-11)17-12(2-1-7-22-17)15-5-6-16-18(24-15)23-9-8-21-16;19-13-10-11(3-4-14(13)20)17-12(2-1-7-22-17)15-5-6-16-18(24-15)23-9-8-21-16;19-12-9-14(21)13(20)8-11(12)17-10(2-1-5-23-17)15-3-4-16-18(25-15)24-7-6-22-16/h1-9H;2*1-10H;1-9H. The maximum atomic E-state index is 14.3. The van der Waals surface area contributed by atoms with E-state index in [1.807, 2.05) is 42.5 Å². The molecule has 26 heteroatoms. The number of rotatable bonds is 8. The smallest absolute Gasteiger partial charge is 0.178 e. The Hall–Kier alpha value is -12.2. The molecule has 0 atom stereocenters. The Balaban J connectivity index is 0.000000118. The van der Waals surface area contributed by atoms with E-state index < -0.39 is 34.9 Å². The Morgan fingerprint density at radius 3 is 0.980 bits per heavy atom. The Kier molecular flexibility index (Phi) is 19.0. The molecule has 0 aliphatic rings. The van der Waals surface area contributed by atoms with Gasteiger partial charge >= 0.3 is 0 Å². The predicted octanol–water partition coefficient (Wildman–Crippen LogP) is 17.9. The van der Waals surface area contributed by atoms with E-state index in [1.54, 1.807) is 129 Å². The zero-order valence-corrected chi connectivity index (χ0v) is 52.1. The van der Waals surface area contributed by atoms with E-state index in [4.69, 9.17) is 34.8 Å². The van der Waals surface area contributed by atoms with Crippen molar-refractivity contribution < 1.29 is 30.7 Å². The van der Waals surface area contributed by atoms with E-state index in [0.29, 0.717) is 112 Å². The first-order chi connectivity index (χ1) is 47.7. The van der Waals surface area contributed by atoms with Gasteiger partial charge < -0.3 is 0 Å². The van der Waals surface area contributed by atoms with Gasteiger partial charge in [0.25, 0.3) is 0 Å². The van der Waals surface area contributed by atoms with Crippen LogP contribution in [0.2, 0.25) is 15.1 Å². The molecule has 16 rings (SSSR count). The Morgan fingerprint density at radius 1 is 0.224 bits per heavy atom. The molecule has 16 nitrogen and oxygen atoms in total. The second-order valence-electron chi connectivity index (χ2n) is 20.7. The number of pyridine rings is 8. The number of aromatic nitrogens is 16. The molecule has 0 saturated carbocycles. The highest BCUT2D eigenvalue weighted by atomic mass is 35.5. The summed E-state index contributed by atoms with van der Waals surface area (Å²) in [5, 5.41) is 0.326. The SMILES string of the molecule is Fc1cc(F)c(-c2ncccc2-c2ccc3nccnc3n2)cc1Cl.Fc1cc(F)c(-c2ncccc2-c2ccc3nccnc3n2)cc1F.Fc1ccc(-c2ncccc2-c2ccc3nccnc3n2)cc1Cl.Fc1ccc(Cl)cc1-c1ncccc1-c1ccc2nccnc2n1. The van der Waals surface area contributed by atoms with Crippen molar-refractivity contribution in [2.45, 2.75) is 0 Å². The van der Waals surface area contributed by atoms with Gasteiger partial charge in [-0.3, -0.25) is 39.9 Å². The summed E-state index contributed by atoms with van der Waals surface area (Å²) < 4.78 is 96.4. The molecule has 0 aliphatic heterocycles. The number of halogens is 10. The topological polar surface area (TPSA) is 206 Å². The molecule has 0 aliphatic carbocycles. The molecule has 0 saturated heterocycles. The minimum Gasteiger partial charge on any atom is -0.256 e. The monoisotopic (exact) mass is 1360 g/mol. The zero-order valence-electron chi connectivity index (χ0n) is 49.9. The fourth-order valence-corrected chi connectivity index (χ4v) is 10.6. The molecule has 0 spiro atoms. The number of benzene rings is 4. The molecular weight excluding hydrogens is 1330 g/mol. The fourth-order valence-electron chi connectivity index (χ4n) is 10.1. The van der Waals surface area contributed by atoms with Crippen molar-refractivity contribution in [1.29, 1.82) is 0 Å². The number of nitrogens with zero attached hydrogens (tertiary/aromatic N) is 16. The van der Waals surface area contributed by atoms with Crippen LogP contribution in [-0.4, -0.2) is 79.7 Å². The maximum Gasteiger partial charge on any atom is 0.178 e. The van der Waals surface area contributed by atoms with Gasteiger partial charge in [-0.05, 0) is 146 Å². The summed E-state index contributed by atoms with van der Waals surface area (Å²) >= 11 is 17.7. The van der Waals surface area contributed by atoms with E-state index in [0.717, 1.165) is 28.8 Å². The van der Waals surface area contributed by atoms with Gasteiger partial charge in [-0.15, -0.1) is 0 Å². The Labute approximate surface area is 564 Å². The molecular formula is C72H38Cl3F7N16. The number of hydrogen-bond donors (Lipinski definition) is 0. The number of hydrogen-bond acceptors (Lipinski definition) is 16. The van der Waals surface area contributed by atoms with Crippen molar-refractivity contribution in [3.8, 4) is 90.1 Å². The van der Waals surface area contributed by atoms with Crippen LogP contribution in [0.3, 0.4) is 0 Å². The van der Waals surface area contributed by atoms with Gasteiger partial charge in [0.05, 0.1) is 55.6 Å². The summed E-state index contributed by atoms with van der Waals surface area (Å²) in [5.41, 5.74) is 12.2. The van der Waals surface area contributed by atoms with Crippen LogP contribution >= 0.6 is 34.8 Å². The molecule has 0 radical (unpaired) electrons. The molecule has 476 valence electrons. The molecule has 4 aromatic carbocycles. The molecule has 0 unspecified atom stereocenters. The van der Waals surface area contributed by atoms with Crippen molar-refractivity contribution in [2.24, 2.45) is 0 Å². The normalized spacial score (nSPS) is 11.0. The second-order valence-corrected chi connectivity index (χ2v) is 22.0. The van der Waals surface area contributed by atoms with Crippen LogP contribution in [0.15, 0.2) is 232 Å². The van der Waals surface area contributed by atoms with E-state index in [9.17, 15) is 30.7 Å². The first kappa shape index (κ1) is 64.5. The van der Waals surface area contributed by atoms with Crippen molar-refractivity contribution in [1.82, 2.24) is 79.7 Å². The van der Waals surface area contributed by atoms with Crippen LogP contribution in [0.25, 0.3) is 135 Å². The lowest BCUT2D eigenvalue weighted by Gasteiger charge is -2.10. The Morgan fingerprint density at radius 2 is 0.561 bits per heavy atom. The maximum absolute atomic E-state index is 14.3. The van der Waals surface area contributed by atoms with Crippen LogP contribution in [0.1, 0.15) is 0 Å². The molecule has 0 amide bonds. The molecule has 12 aromatic heterocycles. The largest absolute Gasteiger partial charge is 0.256 e. The quantitative estimate of drug-likeness (QED) is 0.102. The van der Waals surface area contributed by atoms with Gasteiger partial charge in [-0.1, -0.05) is 34.8 Å². The van der Waals surface area contributed by atoms with E-state index in [2.05, 4.69) is 79.7 Å². The lowest BCUT2D eigenvalue weighted by atomic mass is 10.0. The lowest BCUT2D eigenvalue weighted by Crippen LogP contribution is -1.97. The van der Waals surface area contributed by atoms with Crippen molar-refractivity contribution >= 4 is 79.5 Å². The minimum absolute atomic E-state index is 0.0569. The highest BCUT2D eigenvalue weighted by Crippen LogP contribution is 2.38. The first-order valence-electron chi connectivity index (χ1n) is 29.0.